The van der Waals surface area contributed by atoms with Crippen molar-refractivity contribution in [2.24, 2.45) is 0 Å². The van der Waals surface area contributed by atoms with Crippen molar-refractivity contribution in [3.63, 3.8) is 0 Å². The Kier molecular flexibility index (Phi) is 3.28. The molecule has 84 valence electrons. The van der Waals surface area contributed by atoms with E-state index < -0.39 is 6.10 Å². The highest BCUT2D eigenvalue weighted by molar-refractivity contribution is 9.10. The largest absolute Gasteiger partial charge is 0.384 e. The predicted octanol–water partition coefficient (Wildman–Crippen LogP) is 3.21. The van der Waals surface area contributed by atoms with Crippen LogP contribution >= 0.6 is 27.5 Å². The summed E-state index contributed by atoms with van der Waals surface area (Å²) < 4.78 is 5.65. The minimum atomic E-state index is -0.767. The van der Waals surface area contributed by atoms with Crippen LogP contribution in [0.25, 0.3) is 11.4 Å². The molecule has 1 atom stereocenters. The molecular formula is C10H8BrClN2O2. The summed E-state index contributed by atoms with van der Waals surface area (Å²) in [6.07, 6.45) is -0.767. The lowest BCUT2D eigenvalue weighted by Gasteiger charge is -1.97. The zero-order valence-electron chi connectivity index (χ0n) is 8.32. The summed E-state index contributed by atoms with van der Waals surface area (Å²) in [5.74, 6) is 0.620. The van der Waals surface area contributed by atoms with Crippen LogP contribution in [0.4, 0.5) is 0 Å². The number of benzene rings is 1. The van der Waals surface area contributed by atoms with Gasteiger partial charge < -0.3 is 9.63 Å². The highest BCUT2D eigenvalue weighted by atomic mass is 79.9. The van der Waals surface area contributed by atoms with Crippen molar-refractivity contribution in [2.75, 3.05) is 0 Å². The lowest BCUT2D eigenvalue weighted by atomic mass is 10.2. The number of halogens is 2. The lowest BCUT2D eigenvalue weighted by molar-refractivity contribution is 0.152. The fraction of sp³-hybridized carbons (Fsp3) is 0.200. The van der Waals surface area contributed by atoms with Crippen LogP contribution in [-0.2, 0) is 0 Å². The van der Waals surface area contributed by atoms with E-state index >= 15 is 0 Å². The Labute approximate surface area is 105 Å². The second-order valence-corrected chi connectivity index (χ2v) is 4.52. The van der Waals surface area contributed by atoms with Crippen molar-refractivity contribution in [1.29, 1.82) is 0 Å². The van der Waals surface area contributed by atoms with Gasteiger partial charge in [-0.15, -0.1) is 0 Å². The van der Waals surface area contributed by atoms with E-state index in [4.69, 9.17) is 16.1 Å². The number of aliphatic hydroxyl groups is 1. The fourth-order valence-electron chi connectivity index (χ4n) is 1.16. The first kappa shape index (κ1) is 11.6. The van der Waals surface area contributed by atoms with E-state index in [0.717, 1.165) is 10.0 Å². The highest BCUT2D eigenvalue weighted by Gasteiger charge is 2.13. The van der Waals surface area contributed by atoms with Gasteiger partial charge in [-0.05, 0) is 41.1 Å². The van der Waals surface area contributed by atoms with E-state index in [1.165, 1.54) is 0 Å². The second-order valence-electron chi connectivity index (χ2n) is 3.26. The molecule has 1 heterocycles. The third kappa shape index (κ3) is 2.26. The maximum Gasteiger partial charge on any atom is 0.255 e. The maximum atomic E-state index is 9.26. The van der Waals surface area contributed by atoms with Gasteiger partial charge in [-0.1, -0.05) is 16.8 Å². The third-order valence-corrected chi connectivity index (χ3v) is 3.19. The van der Waals surface area contributed by atoms with Crippen LogP contribution in [0, 0.1) is 0 Å². The van der Waals surface area contributed by atoms with E-state index in [1.807, 2.05) is 0 Å². The molecule has 0 bridgehead atoms. The molecule has 0 spiro atoms. The summed E-state index contributed by atoms with van der Waals surface area (Å²) in [4.78, 5) is 4.06. The van der Waals surface area contributed by atoms with Crippen LogP contribution in [0.2, 0.25) is 5.02 Å². The Morgan fingerprint density at radius 3 is 2.81 bits per heavy atom. The first-order valence-electron chi connectivity index (χ1n) is 4.55. The van der Waals surface area contributed by atoms with Gasteiger partial charge in [0.25, 0.3) is 5.89 Å². The van der Waals surface area contributed by atoms with E-state index in [0.29, 0.717) is 10.8 Å². The van der Waals surface area contributed by atoms with E-state index in [2.05, 4.69) is 26.1 Å². The molecule has 4 nitrogen and oxygen atoms in total. The van der Waals surface area contributed by atoms with Crippen molar-refractivity contribution >= 4 is 27.5 Å². The first-order chi connectivity index (χ1) is 7.58. The SMILES string of the molecule is CC(O)c1nc(-c2ccc(Cl)c(Br)c2)no1. The van der Waals surface area contributed by atoms with Gasteiger partial charge in [-0.3, -0.25) is 0 Å². The second kappa shape index (κ2) is 4.53. The Balaban J connectivity index is 2.39. The highest BCUT2D eigenvalue weighted by Crippen LogP contribution is 2.27. The molecule has 0 saturated carbocycles. The van der Waals surface area contributed by atoms with Crippen molar-refractivity contribution < 1.29 is 9.63 Å². The number of nitrogens with zero attached hydrogens (tertiary/aromatic N) is 2. The number of rotatable bonds is 2. The van der Waals surface area contributed by atoms with Crippen LogP contribution < -0.4 is 0 Å². The Morgan fingerprint density at radius 1 is 1.50 bits per heavy atom. The molecule has 1 aromatic carbocycles. The van der Waals surface area contributed by atoms with E-state index in [-0.39, 0.29) is 5.89 Å². The summed E-state index contributed by atoms with van der Waals surface area (Å²) >= 11 is 9.18. The van der Waals surface area contributed by atoms with Gasteiger partial charge in [-0.2, -0.15) is 4.98 Å². The summed E-state index contributed by atoms with van der Waals surface area (Å²) in [5, 5.41) is 13.6. The van der Waals surface area contributed by atoms with Gasteiger partial charge in [0, 0.05) is 10.0 Å². The molecule has 2 rings (SSSR count). The molecule has 0 aliphatic carbocycles. The molecule has 0 amide bonds. The monoisotopic (exact) mass is 302 g/mol. The van der Waals surface area contributed by atoms with Gasteiger partial charge in [0.2, 0.25) is 5.82 Å². The summed E-state index contributed by atoms with van der Waals surface area (Å²) in [6.45, 7) is 1.56. The summed E-state index contributed by atoms with van der Waals surface area (Å²) in [7, 11) is 0. The van der Waals surface area contributed by atoms with Gasteiger partial charge in [0.1, 0.15) is 6.10 Å². The zero-order chi connectivity index (χ0) is 11.7. The molecule has 2 aromatic rings. The molecule has 16 heavy (non-hydrogen) atoms. The molecule has 1 aromatic heterocycles. The lowest BCUT2D eigenvalue weighted by Crippen LogP contribution is -1.90. The fourth-order valence-corrected chi connectivity index (χ4v) is 1.65. The molecule has 0 radical (unpaired) electrons. The molecule has 6 heteroatoms. The van der Waals surface area contributed by atoms with Crippen LogP contribution in [0.15, 0.2) is 27.2 Å². The molecule has 0 aliphatic rings. The Hall–Kier alpha value is -0.910. The Morgan fingerprint density at radius 2 is 2.25 bits per heavy atom. The van der Waals surface area contributed by atoms with Gasteiger partial charge in [0.05, 0.1) is 5.02 Å². The van der Waals surface area contributed by atoms with Crippen LogP contribution in [0.1, 0.15) is 18.9 Å². The van der Waals surface area contributed by atoms with Crippen molar-refractivity contribution in [1.82, 2.24) is 10.1 Å². The summed E-state index contributed by atoms with van der Waals surface area (Å²) in [5.41, 5.74) is 0.770. The Bertz CT molecular complexity index is 513. The smallest absolute Gasteiger partial charge is 0.255 e. The standard InChI is InChI=1S/C10H8BrClN2O2/c1-5(15)10-13-9(14-16-10)6-2-3-8(12)7(11)4-6/h2-5,15H,1H3. The molecule has 0 aliphatic heterocycles. The number of hydrogen-bond donors (Lipinski definition) is 1. The number of aromatic nitrogens is 2. The third-order valence-electron chi connectivity index (χ3n) is 1.98. The maximum absolute atomic E-state index is 9.26. The number of hydrogen-bond acceptors (Lipinski definition) is 4. The predicted molar refractivity (Wildman–Crippen MR) is 63.1 cm³/mol. The summed E-state index contributed by atoms with van der Waals surface area (Å²) in [6, 6.07) is 5.31. The average Bonchev–Trinajstić information content (AvgIpc) is 2.71. The minimum absolute atomic E-state index is 0.195. The van der Waals surface area contributed by atoms with Crippen molar-refractivity contribution in [2.45, 2.75) is 13.0 Å². The molecular weight excluding hydrogens is 295 g/mol. The van der Waals surface area contributed by atoms with Crippen LogP contribution in [0.3, 0.4) is 0 Å². The minimum Gasteiger partial charge on any atom is -0.384 e. The molecule has 1 N–H and O–H groups in total. The van der Waals surface area contributed by atoms with Gasteiger partial charge in [0.15, 0.2) is 0 Å². The van der Waals surface area contributed by atoms with Gasteiger partial charge >= 0.3 is 0 Å². The van der Waals surface area contributed by atoms with E-state index in [1.54, 1.807) is 25.1 Å². The topological polar surface area (TPSA) is 59.2 Å². The van der Waals surface area contributed by atoms with Crippen LogP contribution in [-0.4, -0.2) is 15.2 Å². The normalized spacial score (nSPS) is 12.8. The molecule has 0 fully saturated rings. The van der Waals surface area contributed by atoms with Crippen molar-refractivity contribution in [3.05, 3.63) is 33.6 Å². The van der Waals surface area contributed by atoms with Gasteiger partial charge in [-0.25, -0.2) is 0 Å². The first-order valence-corrected chi connectivity index (χ1v) is 5.72. The van der Waals surface area contributed by atoms with E-state index in [9.17, 15) is 5.11 Å². The average molecular weight is 304 g/mol. The molecule has 0 saturated heterocycles. The number of aliphatic hydroxyl groups excluding tert-OH is 1. The van der Waals surface area contributed by atoms with Crippen LogP contribution in [0.5, 0.6) is 0 Å². The zero-order valence-corrected chi connectivity index (χ0v) is 10.7. The quantitative estimate of drug-likeness (QED) is 0.925. The molecule has 1 unspecified atom stereocenters. The van der Waals surface area contributed by atoms with Crippen molar-refractivity contribution in [3.8, 4) is 11.4 Å².